The van der Waals surface area contributed by atoms with Gasteiger partial charge in [-0.1, -0.05) is 21.6 Å². The van der Waals surface area contributed by atoms with Gasteiger partial charge in [-0.05, 0) is 19.7 Å². The van der Waals surface area contributed by atoms with Crippen LogP contribution in [0.15, 0.2) is 0 Å². The van der Waals surface area contributed by atoms with Gasteiger partial charge in [0.1, 0.15) is 0 Å². The summed E-state index contributed by atoms with van der Waals surface area (Å²) in [5.74, 6) is 1.61. The standard InChI is InChI=1S/C14H34O8S4Si2/c1-15-13(11-27(17-3,18-4)19-5)9-23-25-26-24-10-14(16-2)12-28(20-6,21-7)22-8/h13-14H,9-12H2,1-8H3. The highest BCUT2D eigenvalue weighted by Crippen LogP contribution is 2.44. The van der Waals surface area contributed by atoms with Crippen molar-refractivity contribution < 1.29 is 36.0 Å². The molecule has 2 atom stereocenters. The molecule has 0 radical (unpaired) electrons. The van der Waals surface area contributed by atoms with Crippen molar-refractivity contribution in [3.8, 4) is 0 Å². The summed E-state index contributed by atoms with van der Waals surface area (Å²) in [5, 5.41) is 0. The van der Waals surface area contributed by atoms with Gasteiger partial charge in [-0.3, -0.25) is 0 Å². The molecule has 0 aromatic heterocycles. The lowest BCUT2D eigenvalue weighted by Crippen LogP contribution is -2.46. The molecule has 0 spiro atoms. The van der Waals surface area contributed by atoms with Gasteiger partial charge < -0.3 is 36.0 Å². The minimum absolute atomic E-state index is 0.00179. The van der Waals surface area contributed by atoms with Crippen molar-refractivity contribution in [2.75, 3.05) is 68.4 Å². The lowest BCUT2D eigenvalue weighted by atomic mass is 10.5. The molecular formula is C14H34O8S4Si2. The number of hydrogen-bond donors (Lipinski definition) is 0. The van der Waals surface area contributed by atoms with E-state index >= 15 is 0 Å². The third kappa shape index (κ3) is 10.7. The fraction of sp³-hybridized carbons (Fsp3) is 1.00. The Balaban J connectivity index is 4.20. The minimum Gasteiger partial charge on any atom is -0.381 e. The van der Waals surface area contributed by atoms with Crippen LogP contribution in [-0.4, -0.2) is 98.2 Å². The van der Waals surface area contributed by atoms with Crippen molar-refractivity contribution in [2.24, 2.45) is 0 Å². The highest BCUT2D eigenvalue weighted by molar-refractivity contribution is 9.26. The first-order valence-electron chi connectivity index (χ1n) is 8.38. The van der Waals surface area contributed by atoms with Crippen LogP contribution in [0.25, 0.3) is 0 Å². The molecule has 170 valence electrons. The van der Waals surface area contributed by atoms with E-state index in [1.165, 1.54) is 0 Å². The predicted octanol–water partition coefficient (Wildman–Crippen LogP) is 3.45. The molecule has 0 rings (SSSR count). The first-order chi connectivity index (χ1) is 13.4. The lowest BCUT2D eigenvalue weighted by molar-refractivity contribution is 0.0824. The second kappa shape index (κ2) is 17.1. The van der Waals surface area contributed by atoms with Crippen molar-refractivity contribution in [3.05, 3.63) is 0 Å². The Bertz CT molecular complexity index is 331. The van der Waals surface area contributed by atoms with Gasteiger partial charge in [0, 0.05) is 80.5 Å². The smallest absolute Gasteiger partial charge is 0.381 e. The molecular weight excluding hydrogens is 481 g/mol. The molecule has 0 aromatic rings. The third-order valence-electron chi connectivity index (χ3n) is 4.12. The molecule has 0 aliphatic heterocycles. The maximum atomic E-state index is 5.55. The van der Waals surface area contributed by atoms with Gasteiger partial charge in [0.05, 0.1) is 12.2 Å². The molecule has 2 unspecified atom stereocenters. The van der Waals surface area contributed by atoms with E-state index in [-0.39, 0.29) is 12.2 Å². The summed E-state index contributed by atoms with van der Waals surface area (Å²) in [6.07, 6.45) is -0.00358. The quantitative estimate of drug-likeness (QED) is 0.144. The normalized spacial score (nSPS) is 15.0. The number of ether oxygens (including phenoxy) is 2. The van der Waals surface area contributed by atoms with E-state index in [2.05, 4.69) is 0 Å². The van der Waals surface area contributed by atoms with E-state index in [9.17, 15) is 0 Å². The summed E-state index contributed by atoms with van der Waals surface area (Å²) in [6.45, 7) is 0. The molecule has 8 nitrogen and oxygen atoms in total. The third-order valence-corrected chi connectivity index (χ3v) is 16.3. The molecule has 0 amide bonds. The highest BCUT2D eigenvalue weighted by Gasteiger charge is 2.41. The number of hydrogen-bond acceptors (Lipinski definition) is 12. The van der Waals surface area contributed by atoms with Gasteiger partial charge in [-0.2, -0.15) is 0 Å². The molecule has 0 saturated heterocycles. The van der Waals surface area contributed by atoms with Crippen LogP contribution in [0.5, 0.6) is 0 Å². The summed E-state index contributed by atoms with van der Waals surface area (Å²) in [5.41, 5.74) is 0. The maximum absolute atomic E-state index is 5.55. The molecule has 0 saturated carbocycles. The summed E-state index contributed by atoms with van der Waals surface area (Å²) >= 11 is 0. The van der Waals surface area contributed by atoms with Gasteiger partial charge in [0.25, 0.3) is 0 Å². The summed E-state index contributed by atoms with van der Waals surface area (Å²) in [6, 6.07) is 1.23. The predicted molar refractivity (Wildman–Crippen MR) is 125 cm³/mol. The zero-order chi connectivity index (χ0) is 21.5. The molecule has 0 fully saturated rings. The summed E-state index contributed by atoms with van der Waals surface area (Å²) in [4.78, 5) is 0. The Morgan fingerprint density at radius 1 is 0.536 bits per heavy atom. The summed E-state index contributed by atoms with van der Waals surface area (Å²) < 4.78 is 43.9. The van der Waals surface area contributed by atoms with Crippen LogP contribution in [0.3, 0.4) is 0 Å². The van der Waals surface area contributed by atoms with E-state index in [1.807, 2.05) is 0 Å². The highest BCUT2D eigenvalue weighted by atomic mass is 33.7. The minimum atomic E-state index is -2.64. The van der Waals surface area contributed by atoms with Crippen molar-refractivity contribution in [3.63, 3.8) is 0 Å². The van der Waals surface area contributed by atoms with Crippen LogP contribution in [0, 0.1) is 0 Å². The summed E-state index contributed by atoms with van der Waals surface area (Å²) in [7, 11) is 14.6. The zero-order valence-corrected chi connectivity index (χ0v) is 23.1. The first-order valence-corrected chi connectivity index (χ1v) is 17.4. The first kappa shape index (κ1) is 29.5. The molecule has 0 heterocycles. The molecule has 28 heavy (non-hydrogen) atoms. The van der Waals surface area contributed by atoms with Crippen molar-refractivity contribution in [2.45, 2.75) is 24.3 Å². The Hall–Kier alpha value is 1.51. The zero-order valence-electron chi connectivity index (χ0n) is 17.9. The van der Waals surface area contributed by atoms with Crippen LogP contribution in [-0.2, 0) is 36.0 Å². The van der Waals surface area contributed by atoms with Crippen LogP contribution in [0.1, 0.15) is 0 Å². The fourth-order valence-corrected chi connectivity index (χ4v) is 12.7. The van der Waals surface area contributed by atoms with Crippen LogP contribution >= 0.6 is 41.2 Å². The Morgan fingerprint density at radius 2 is 0.821 bits per heavy atom. The SMILES string of the molecule is COC(CSSSSCC(C[Si](OC)(OC)OC)OC)C[Si](OC)(OC)OC. The van der Waals surface area contributed by atoms with Gasteiger partial charge in [-0.25, -0.2) is 0 Å². The second-order valence-electron chi connectivity index (χ2n) is 5.42. The van der Waals surface area contributed by atoms with E-state index in [4.69, 9.17) is 36.0 Å². The van der Waals surface area contributed by atoms with E-state index in [1.54, 1.807) is 98.1 Å². The van der Waals surface area contributed by atoms with Crippen LogP contribution in [0.4, 0.5) is 0 Å². The fourth-order valence-electron chi connectivity index (χ4n) is 2.22. The average molecular weight is 515 g/mol. The monoisotopic (exact) mass is 514 g/mol. The largest absolute Gasteiger partial charge is 0.502 e. The average Bonchev–Trinajstić information content (AvgIpc) is 2.75. The van der Waals surface area contributed by atoms with Gasteiger partial charge >= 0.3 is 17.6 Å². The molecule has 14 heteroatoms. The molecule has 0 aromatic carbocycles. The topological polar surface area (TPSA) is 73.8 Å². The van der Waals surface area contributed by atoms with E-state index in [0.717, 1.165) is 11.5 Å². The van der Waals surface area contributed by atoms with Crippen molar-refractivity contribution in [1.82, 2.24) is 0 Å². The Morgan fingerprint density at radius 3 is 1.04 bits per heavy atom. The van der Waals surface area contributed by atoms with Crippen LogP contribution < -0.4 is 0 Å². The van der Waals surface area contributed by atoms with Crippen molar-refractivity contribution >= 4 is 58.8 Å². The lowest BCUT2D eigenvalue weighted by Gasteiger charge is -2.28. The van der Waals surface area contributed by atoms with Gasteiger partial charge in [-0.15, -0.1) is 0 Å². The van der Waals surface area contributed by atoms with Gasteiger partial charge in [0.2, 0.25) is 0 Å². The van der Waals surface area contributed by atoms with E-state index in [0.29, 0.717) is 12.1 Å². The number of methoxy groups -OCH3 is 2. The van der Waals surface area contributed by atoms with Crippen LogP contribution in [0.2, 0.25) is 12.1 Å². The second-order valence-corrected chi connectivity index (χ2v) is 17.5. The maximum Gasteiger partial charge on any atom is 0.502 e. The molecule has 0 aliphatic carbocycles. The number of rotatable bonds is 19. The molecule has 0 bridgehead atoms. The molecule has 0 N–H and O–H groups in total. The van der Waals surface area contributed by atoms with E-state index < -0.39 is 17.6 Å². The van der Waals surface area contributed by atoms with Crippen molar-refractivity contribution in [1.29, 1.82) is 0 Å². The van der Waals surface area contributed by atoms with Gasteiger partial charge in [0.15, 0.2) is 0 Å². The molecule has 0 aliphatic rings. The Labute approximate surface area is 187 Å². The Kier molecular flexibility index (Phi) is 18.0.